The Morgan fingerprint density at radius 1 is 1.23 bits per heavy atom. The van der Waals surface area contributed by atoms with Crippen LogP contribution in [0.1, 0.15) is 0 Å². The van der Waals surface area contributed by atoms with Crippen LogP contribution in [0.4, 0.5) is 5.82 Å². The van der Waals surface area contributed by atoms with E-state index in [0.717, 1.165) is 15.2 Å². The lowest BCUT2D eigenvalue weighted by molar-refractivity contribution is 0.387. The van der Waals surface area contributed by atoms with Crippen LogP contribution >= 0.6 is 15.9 Å². The van der Waals surface area contributed by atoms with E-state index in [1.807, 2.05) is 24.3 Å². The lowest BCUT2D eigenvalue weighted by Gasteiger charge is -2.04. The van der Waals surface area contributed by atoms with Crippen molar-refractivity contribution < 1.29 is 5.21 Å². The number of hydrogen-bond acceptors (Lipinski definition) is 3. The minimum absolute atomic E-state index is 0.471. The summed E-state index contributed by atoms with van der Waals surface area (Å²) >= 11 is 3.42. The summed E-state index contributed by atoms with van der Waals surface area (Å²) < 4.78 is 0.990. The van der Waals surface area contributed by atoms with Crippen molar-refractivity contribution >= 4 is 32.5 Å². The zero-order valence-corrected chi connectivity index (χ0v) is 8.25. The molecule has 0 saturated carbocycles. The second-order valence-electron chi connectivity index (χ2n) is 2.61. The second-order valence-corrected chi connectivity index (χ2v) is 3.46. The summed E-state index contributed by atoms with van der Waals surface area (Å²) in [4.78, 5) is 3.98. The summed E-state index contributed by atoms with van der Waals surface area (Å²) in [6, 6.07) is 7.63. The van der Waals surface area contributed by atoms with Crippen LogP contribution in [-0.4, -0.2) is 10.2 Å². The molecule has 0 radical (unpaired) electrons. The number of aromatic nitrogens is 1. The fourth-order valence-corrected chi connectivity index (χ4v) is 1.76. The minimum atomic E-state index is 0.471. The Kier molecular flexibility index (Phi) is 2.16. The number of benzene rings is 1. The van der Waals surface area contributed by atoms with E-state index in [1.165, 1.54) is 0 Å². The smallest absolute Gasteiger partial charge is 0.157 e. The highest BCUT2D eigenvalue weighted by atomic mass is 79.9. The third-order valence-electron chi connectivity index (χ3n) is 1.86. The summed E-state index contributed by atoms with van der Waals surface area (Å²) in [6.07, 6.45) is 1.64. The van der Waals surface area contributed by atoms with Gasteiger partial charge in [0.05, 0.1) is 0 Å². The first kappa shape index (κ1) is 8.47. The molecule has 2 aromatic rings. The standard InChI is InChI=1S/C9H7BrN2O/c10-8-3-1-2-7-6(8)4-5-11-9(7)12-13/h1-5,13H,(H,11,12). The predicted molar refractivity (Wildman–Crippen MR) is 54.9 cm³/mol. The van der Waals surface area contributed by atoms with E-state index >= 15 is 0 Å². The highest BCUT2D eigenvalue weighted by Crippen LogP contribution is 2.26. The predicted octanol–water partition coefficient (Wildman–Crippen LogP) is 2.80. The summed E-state index contributed by atoms with van der Waals surface area (Å²) in [5.74, 6) is 0.471. The van der Waals surface area contributed by atoms with E-state index in [2.05, 4.69) is 26.4 Å². The van der Waals surface area contributed by atoms with Gasteiger partial charge in [0.25, 0.3) is 0 Å². The van der Waals surface area contributed by atoms with Crippen molar-refractivity contribution in [2.45, 2.75) is 0 Å². The van der Waals surface area contributed by atoms with E-state index < -0.39 is 0 Å². The molecule has 1 aromatic carbocycles. The van der Waals surface area contributed by atoms with Gasteiger partial charge in [-0.2, -0.15) is 0 Å². The van der Waals surface area contributed by atoms with Crippen LogP contribution in [-0.2, 0) is 0 Å². The average Bonchev–Trinajstić information content (AvgIpc) is 2.18. The van der Waals surface area contributed by atoms with Crippen molar-refractivity contribution in [2.24, 2.45) is 0 Å². The third kappa shape index (κ3) is 1.38. The maximum Gasteiger partial charge on any atom is 0.157 e. The fraction of sp³-hybridized carbons (Fsp3) is 0. The molecule has 0 aliphatic heterocycles. The highest BCUT2D eigenvalue weighted by molar-refractivity contribution is 9.10. The van der Waals surface area contributed by atoms with Gasteiger partial charge in [0, 0.05) is 21.4 Å². The van der Waals surface area contributed by atoms with Gasteiger partial charge in [-0.05, 0) is 12.1 Å². The molecular formula is C9H7BrN2O. The maximum atomic E-state index is 8.80. The van der Waals surface area contributed by atoms with Crippen molar-refractivity contribution in [1.82, 2.24) is 4.98 Å². The van der Waals surface area contributed by atoms with Gasteiger partial charge < -0.3 is 0 Å². The first-order chi connectivity index (χ1) is 6.33. The van der Waals surface area contributed by atoms with E-state index in [1.54, 1.807) is 6.20 Å². The molecule has 1 heterocycles. The summed E-state index contributed by atoms with van der Waals surface area (Å²) in [5.41, 5.74) is 2.07. The van der Waals surface area contributed by atoms with Gasteiger partial charge >= 0.3 is 0 Å². The Hall–Kier alpha value is -1.13. The minimum Gasteiger partial charge on any atom is -0.290 e. The van der Waals surface area contributed by atoms with Crippen LogP contribution in [0.25, 0.3) is 10.8 Å². The van der Waals surface area contributed by atoms with Gasteiger partial charge in [-0.1, -0.05) is 28.1 Å². The van der Waals surface area contributed by atoms with Crippen LogP contribution in [0.15, 0.2) is 34.9 Å². The van der Waals surface area contributed by atoms with Gasteiger partial charge in [-0.15, -0.1) is 0 Å². The zero-order chi connectivity index (χ0) is 9.26. The van der Waals surface area contributed by atoms with Crippen molar-refractivity contribution in [3.05, 3.63) is 34.9 Å². The molecule has 2 N–H and O–H groups in total. The number of fused-ring (bicyclic) bond motifs is 1. The first-order valence-electron chi connectivity index (χ1n) is 3.76. The van der Waals surface area contributed by atoms with Crippen LogP contribution in [0, 0.1) is 0 Å². The molecule has 1 aromatic heterocycles. The number of hydrogen-bond donors (Lipinski definition) is 2. The van der Waals surface area contributed by atoms with Crippen LogP contribution in [0.5, 0.6) is 0 Å². The molecule has 0 saturated heterocycles. The molecule has 66 valence electrons. The summed E-state index contributed by atoms with van der Waals surface area (Å²) in [5, 5.41) is 10.7. The Balaban J connectivity index is 2.84. The monoisotopic (exact) mass is 238 g/mol. The van der Waals surface area contributed by atoms with E-state index in [-0.39, 0.29) is 0 Å². The molecule has 0 atom stereocenters. The van der Waals surface area contributed by atoms with E-state index in [4.69, 9.17) is 5.21 Å². The van der Waals surface area contributed by atoms with Gasteiger partial charge in [0.1, 0.15) is 0 Å². The molecule has 4 heteroatoms. The van der Waals surface area contributed by atoms with Crippen LogP contribution < -0.4 is 5.48 Å². The summed E-state index contributed by atoms with van der Waals surface area (Å²) in [6.45, 7) is 0. The number of nitrogens with one attached hydrogen (secondary N) is 1. The summed E-state index contributed by atoms with van der Waals surface area (Å²) in [7, 11) is 0. The van der Waals surface area contributed by atoms with Crippen molar-refractivity contribution in [3.8, 4) is 0 Å². The van der Waals surface area contributed by atoms with Gasteiger partial charge in [-0.25, -0.2) is 4.98 Å². The lowest BCUT2D eigenvalue weighted by Crippen LogP contribution is -1.93. The molecule has 0 unspecified atom stereocenters. The molecule has 13 heavy (non-hydrogen) atoms. The Bertz CT molecular complexity index is 445. The zero-order valence-electron chi connectivity index (χ0n) is 6.66. The number of anilines is 1. The SMILES string of the molecule is ONc1nccc2c(Br)cccc12. The largest absolute Gasteiger partial charge is 0.290 e. The topological polar surface area (TPSA) is 45.1 Å². The first-order valence-corrected chi connectivity index (χ1v) is 4.55. The quantitative estimate of drug-likeness (QED) is 0.752. The molecule has 0 bridgehead atoms. The van der Waals surface area contributed by atoms with Gasteiger partial charge in [0.15, 0.2) is 5.82 Å². The molecule has 0 spiro atoms. The van der Waals surface area contributed by atoms with Crippen molar-refractivity contribution in [3.63, 3.8) is 0 Å². The Labute approximate surface area is 83.5 Å². The normalized spacial score (nSPS) is 10.3. The van der Waals surface area contributed by atoms with Gasteiger partial charge in [0.2, 0.25) is 0 Å². The van der Waals surface area contributed by atoms with E-state index in [9.17, 15) is 0 Å². The van der Waals surface area contributed by atoms with Crippen LogP contribution in [0.2, 0.25) is 0 Å². The molecule has 0 aliphatic rings. The van der Waals surface area contributed by atoms with E-state index in [0.29, 0.717) is 5.82 Å². The Morgan fingerprint density at radius 2 is 2.08 bits per heavy atom. The molecular weight excluding hydrogens is 232 g/mol. The molecule has 0 amide bonds. The number of halogens is 1. The van der Waals surface area contributed by atoms with Gasteiger partial charge in [-0.3, -0.25) is 10.7 Å². The number of rotatable bonds is 1. The average molecular weight is 239 g/mol. The van der Waals surface area contributed by atoms with Crippen molar-refractivity contribution in [1.29, 1.82) is 0 Å². The Morgan fingerprint density at radius 3 is 2.85 bits per heavy atom. The molecule has 0 fully saturated rings. The molecule has 3 nitrogen and oxygen atoms in total. The third-order valence-corrected chi connectivity index (χ3v) is 2.55. The second kappa shape index (κ2) is 3.32. The maximum absolute atomic E-state index is 8.80. The molecule has 0 aliphatic carbocycles. The fourth-order valence-electron chi connectivity index (χ4n) is 1.26. The number of pyridine rings is 1. The number of nitrogens with zero attached hydrogens (tertiary/aromatic N) is 1. The molecule has 2 rings (SSSR count). The van der Waals surface area contributed by atoms with Crippen LogP contribution in [0.3, 0.4) is 0 Å². The highest BCUT2D eigenvalue weighted by Gasteiger charge is 2.02. The lowest BCUT2D eigenvalue weighted by atomic mass is 10.2. The van der Waals surface area contributed by atoms with Crippen molar-refractivity contribution in [2.75, 3.05) is 5.48 Å².